The lowest BCUT2D eigenvalue weighted by molar-refractivity contribution is 0.416. The molecule has 0 saturated carbocycles. The zero-order valence-electron chi connectivity index (χ0n) is 9.07. The highest BCUT2D eigenvalue weighted by Crippen LogP contribution is 2.36. The summed E-state index contributed by atoms with van der Waals surface area (Å²) in [7, 11) is 3.44. The Morgan fingerprint density at radius 3 is 2.62 bits per heavy atom. The highest BCUT2D eigenvalue weighted by molar-refractivity contribution is 9.10. The largest absolute Gasteiger partial charge is 0.496 e. The number of ether oxygens (including phenoxy) is 1. The van der Waals surface area contributed by atoms with Crippen LogP contribution in [-0.2, 0) is 7.05 Å². The van der Waals surface area contributed by atoms with E-state index in [0.29, 0.717) is 5.82 Å². The van der Waals surface area contributed by atoms with Crippen molar-refractivity contribution >= 4 is 21.7 Å². The number of halogens is 1. The molecule has 2 N–H and O–H groups in total. The standard InChI is InChI=1S/C11H12BrN3O/c1-15-11(13)9(12)10(14-15)7-5-3-4-6-8(7)16-2/h3-6H,13H2,1-2H3. The first-order valence-corrected chi connectivity index (χ1v) is 5.55. The zero-order valence-corrected chi connectivity index (χ0v) is 10.7. The topological polar surface area (TPSA) is 53.1 Å². The normalized spacial score (nSPS) is 10.4. The predicted molar refractivity (Wildman–Crippen MR) is 67.3 cm³/mol. The molecular weight excluding hydrogens is 270 g/mol. The molecule has 0 radical (unpaired) electrons. The minimum Gasteiger partial charge on any atom is -0.496 e. The third kappa shape index (κ3) is 1.67. The van der Waals surface area contributed by atoms with E-state index in [1.165, 1.54) is 0 Å². The Bertz CT molecular complexity index is 522. The summed E-state index contributed by atoms with van der Waals surface area (Å²) in [6.07, 6.45) is 0. The molecule has 5 heteroatoms. The number of benzene rings is 1. The summed E-state index contributed by atoms with van der Waals surface area (Å²) in [5, 5.41) is 4.35. The van der Waals surface area contributed by atoms with E-state index in [2.05, 4.69) is 21.0 Å². The summed E-state index contributed by atoms with van der Waals surface area (Å²) in [5.74, 6) is 1.38. The summed E-state index contributed by atoms with van der Waals surface area (Å²) in [5.41, 5.74) is 7.55. The summed E-state index contributed by atoms with van der Waals surface area (Å²) >= 11 is 3.44. The molecule has 2 aromatic rings. The Labute approximate surface area is 102 Å². The van der Waals surface area contributed by atoms with Gasteiger partial charge >= 0.3 is 0 Å². The summed E-state index contributed by atoms with van der Waals surface area (Å²) in [4.78, 5) is 0. The van der Waals surface area contributed by atoms with Crippen LogP contribution in [0.15, 0.2) is 28.7 Å². The van der Waals surface area contributed by atoms with Crippen LogP contribution < -0.4 is 10.5 Å². The van der Waals surface area contributed by atoms with Gasteiger partial charge in [-0.1, -0.05) is 12.1 Å². The molecule has 84 valence electrons. The van der Waals surface area contributed by atoms with Crippen molar-refractivity contribution in [3.8, 4) is 17.0 Å². The van der Waals surface area contributed by atoms with E-state index in [9.17, 15) is 0 Å². The highest BCUT2D eigenvalue weighted by Gasteiger charge is 2.15. The predicted octanol–water partition coefficient (Wildman–Crippen LogP) is 2.44. The minimum absolute atomic E-state index is 0.598. The van der Waals surface area contributed by atoms with E-state index in [4.69, 9.17) is 10.5 Å². The quantitative estimate of drug-likeness (QED) is 0.920. The fourth-order valence-electron chi connectivity index (χ4n) is 1.52. The Morgan fingerprint density at radius 1 is 1.38 bits per heavy atom. The molecule has 0 unspecified atom stereocenters. The molecule has 0 aliphatic heterocycles. The van der Waals surface area contributed by atoms with Gasteiger partial charge in [-0.25, -0.2) is 0 Å². The Hall–Kier alpha value is -1.49. The molecule has 0 spiro atoms. The van der Waals surface area contributed by atoms with Crippen LogP contribution in [0.25, 0.3) is 11.3 Å². The molecule has 0 atom stereocenters. The number of aromatic nitrogens is 2. The van der Waals surface area contributed by atoms with Gasteiger partial charge in [0.15, 0.2) is 0 Å². The molecule has 16 heavy (non-hydrogen) atoms. The average Bonchev–Trinajstić information content (AvgIpc) is 2.57. The van der Waals surface area contributed by atoms with Crippen LogP contribution in [0.5, 0.6) is 5.75 Å². The van der Waals surface area contributed by atoms with Crippen LogP contribution >= 0.6 is 15.9 Å². The van der Waals surface area contributed by atoms with Crippen molar-refractivity contribution in [2.45, 2.75) is 0 Å². The first kappa shape index (κ1) is 11.0. The van der Waals surface area contributed by atoms with Crippen LogP contribution in [-0.4, -0.2) is 16.9 Å². The zero-order chi connectivity index (χ0) is 11.7. The summed E-state index contributed by atoms with van der Waals surface area (Å²) < 4.78 is 7.71. The van der Waals surface area contributed by atoms with Crippen molar-refractivity contribution in [2.75, 3.05) is 12.8 Å². The van der Waals surface area contributed by atoms with Gasteiger partial charge in [0.2, 0.25) is 0 Å². The van der Waals surface area contributed by atoms with E-state index in [-0.39, 0.29) is 0 Å². The van der Waals surface area contributed by atoms with Gasteiger partial charge in [0.05, 0.1) is 11.6 Å². The Morgan fingerprint density at radius 2 is 2.06 bits per heavy atom. The molecule has 1 heterocycles. The second-order valence-electron chi connectivity index (χ2n) is 3.37. The third-order valence-corrected chi connectivity index (χ3v) is 3.18. The molecule has 0 aliphatic rings. The fourth-order valence-corrected chi connectivity index (χ4v) is 2.07. The van der Waals surface area contributed by atoms with Gasteiger partial charge in [0.1, 0.15) is 17.3 Å². The summed E-state index contributed by atoms with van der Waals surface area (Å²) in [6, 6.07) is 7.70. The molecule has 1 aromatic heterocycles. The van der Waals surface area contributed by atoms with Crippen LogP contribution in [0, 0.1) is 0 Å². The van der Waals surface area contributed by atoms with Crippen molar-refractivity contribution in [3.63, 3.8) is 0 Å². The molecule has 4 nitrogen and oxygen atoms in total. The van der Waals surface area contributed by atoms with E-state index in [1.807, 2.05) is 24.3 Å². The monoisotopic (exact) mass is 281 g/mol. The van der Waals surface area contributed by atoms with Crippen molar-refractivity contribution in [1.29, 1.82) is 0 Å². The number of aryl methyl sites for hydroxylation is 1. The van der Waals surface area contributed by atoms with Crippen molar-refractivity contribution in [3.05, 3.63) is 28.7 Å². The lowest BCUT2D eigenvalue weighted by Crippen LogP contribution is -1.97. The maximum atomic E-state index is 5.84. The fraction of sp³-hybridized carbons (Fsp3) is 0.182. The Kier molecular flexibility index (Phi) is 2.87. The van der Waals surface area contributed by atoms with Gasteiger partial charge in [-0.2, -0.15) is 5.10 Å². The second kappa shape index (κ2) is 4.17. The summed E-state index contributed by atoms with van der Waals surface area (Å²) in [6.45, 7) is 0. The first-order chi connectivity index (χ1) is 7.65. The van der Waals surface area contributed by atoms with E-state index >= 15 is 0 Å². The molecule has 0 saturated heterocycles. The first-order valence-electron chi connectivity index (χ1n) is 4.76. The number of rotatable bonds is 2. The van der Waals surface area contributed by atoms with Crippen molar-refractivity contribution < 1.29 is 4.74 Å². The third-order valence-electron chi connectivity index (χ3n) is 2.39. The number of nitrogens with two attached hydrogens (primary N) is 1. The van der Waals surface area contributed by atoms with E-state index in [1.54, 1.807) is 18.8 Å². The number of nitrogens with zero attached hydrogens (tertiary/aromatic N) is 2. The lowest BCUT2D eigenvalue weighted by Gasteiger charge is -2.05. The molecule has 0 aliphatic carbocycles. The Balaban J connectivity index is 2.63. The second-order valence-corrected chi connectivity index (χ2v) is 4.16. The van der Waals surface area contributed by atoms with Gasteiger partial charge in [-0.05, 0) is 28.1 Å². The highest BCUT2D eigenvalue weighted by atomic mass is 79.9. The van der Waals surface area contributed by atoms with Crippen LogP contribution in [0.3, 0.4) is 0 Å². The maximum absolute atomic E-state index is 5.84. The van der Waals surface area contributed by atoms with Crippen molar-refractivity contribution in [2.24, 2.45) is 7.05 Å². The van der Waals surface area contributed by atoms with Gasteiger partial charge < -0.3 is 10.5 Å². The number of para-hydroxylation sites is 1. The van der Waals surface area contributed by atoms with Crippen LogP contribution in [0.1, 0.15) is 0 Å². The SMILES string of the molecule is COc1ccccc1-c1nn(C)c(N)c1Br. The molecule has 0 bridgehead atoms. The van der Waals surface area contributed by atoms with E-state index in [0.717, 1.165) is 21.5 Å². The number of hydrogen-bond acceptors (Lipinski definition) is 3. The maximum Gasteiger partial charge on any atom is 0.136 e. The van der Waals surface area contributed by atoms with Crippen LogP contribution in [0.2, 0.25) is 0 Å². The molecule has 0 amide bonds. The van der Waals surface area contributed by atoms with Gasteiger partial charge in [0.25, 0.3) is 0 Å². The molecule has 0 fully saturated rings. The molecule has 1 aromatic carbocycles. The van der Waals surface area contributed by atoms with Gasteiger partial charge in [-0.3, -0.25) is 4.68 Å². The number of hydrogen-bond donors (Lipinski definition) is 1. The van der Waals surface area contributed by atoms with E-state index < -0.39 is 0 Å². The lowest BCUT2D eigenvalue weighted by atomic mass is 10.1. The average molecular weight is 282 g/mol. The molecular formula is C11H12BrN3O. The smallest absolute Gasteiger partial charge is 0.136 e. The van der Waals surface area contributed by atoms with Gasteiger partial charge in [0, 0.05) is 12.6 Å². The minimum atomic E-state index is 0.598. The number of nitrogen functional groups attached to an aromatic ring is 1. The molecule has 2 rings (SSSR count). The van der Waals surface area contributed by atoms with Gasteiger partial charge in [-0.15, -0.1) is 0 Å². The number of methoxy groups -OCH3 is 1. The van der Waals surface area contributed by atoms with Crippen molar-refractivity contribution in [1.82, 2.24) is 9.78 Å². The number of anilines is 1. The van der Waals surface area contributed by atoms with Crippen LogP contribution in [0.4, 0.5) is 5.82 Å².